The average molecular weight is 405 g/mol. The van der Waals surface area contributed by atoms with Crippen molar-refractivity contribution in [2.75, 3.05) is 16.4 Å². The van der Waals surface area contributed by atoms with Crippen molar-refractivity contribution in [2.45, 2.75) is 31.7 Å². The predicted octanol–water partition coefficient (Wildman–Crippen LogP) is 3.72. The van der Waals surface area contributed by atoms with Gasteiger partial charge in [0.25, 0.3) is 0 Å². The third-order valence-corrected chi connectivity index (χ3v) is 8.34. The Hall–Kier alpha value is -1.86. The van der Waals surface area contributed by atoms with E-state index in [1.165, 1.54) is 23.3 Å². The summed E-state index contributed by atoms with van der Waals surface area (Å²) in [6.45, 7) is 4.70. The van der Waals surface area contributed by atoms with E-state index in [1.54, 1.807) is 23.9 Å². The van der Waals surface area contributed by atoms with E-state index >= 15 is 0 Å². The molecular formula is C20H21FN2O2S2. The van der Waals surface area contributed by atoms with E-state index in [4.69, 9.17) is 4.99 Å². The van der Waals surface area contributed by atoms with E-state index in [0.717, 1.165) is 16.4 Å². The Morgan fingerprint density at radius 2 is 1.85 bits per heavy atom. The van der Waals surface area contributed by atoms with Gasteiger partial charge in [0.1, 0.15) is 5.82 Å². The Morgan fingerprint density at radius 3 is 2.52 bits per heavy atom. The summed E-state index contributed by atoms with van der Waals surface area (Å²) in [6, 6.07) is 12.5. The number of halogens is 1. The van der Waals surface area contributed by atoms with Gasteiger partial charge in [-0.3, -0.25) is 4.99 Å². The Morgan fingerprint density at radius 1 is 1.11 bits per heavy atom. The normalized spacial score (nSPS) is 23.1. The molecule has 142 valence electrons. The number of benzene rings is 2. The Labute approximate surface area is 163 Å². The van der Waals surface area contributed by atoms with Gasteiger partial charge in [-0.1, -0.05) is 30.0 Å². The number of nitrogens with zero attached hydrogens (tertiary/aromatic N) is 2. The second kappa shape index (κ2) is 6.95. The van der Waals surface area contributed by atoms with E-state index in [0.29, 0.717) is 6.54 Å². The van der Waals surface area contributed by atoms with Gasteiger partial charge in [-0.05, 0) is 54.8 Å². The van der Waals surface area contributed by atoms with Crippen molar-refractivity contribution < 1.29 is 12.8 Å². The Bertz CT molecular complexity index is 1000. The van der Waals surface area contributed by atoms with Gasteiger partial charge in [-0.2, -0.15) is 0 Å². The molecule has 0 spiro atoms. The number of sulfone groups is 1. The highest BCUT2D eigenvalue weighted by Gasteiger charge is 2.44. The third-order valence-electron chi connectivity index (χ3n) is 5.09. The van der Waals surface area contributed by atoms with Crippen LogP contribution in [0.1, 0.15) is 16.7 Å². The molecule has 4 nitrogen and oxygen atoms in total. The second-order valence-electron chi connectivity index (χ2n) is 7.19. The van der Waals surface area contributed by atoms with Gasteiger partial charge in [0.15, 0.2) is 15.0 Å². The predicted molar refractivity (Wildman–Crippen MR) is 110 cm³/mol. The highest BCUT2D eigenvalue weighted by Crippen LogP contribution is 2.37. The van der Waals surface area contributed by atoms with Crippen molar-refractivity contribution in [3.05, 3.63) is 65.0 Å². The Balaban J connectivity index is 1.68. The number of aliphatic imine (C=N–C) groups is 1. The summed E-state index contributed by atoms with van der Waals surface area (Å²) in [5.41, 5.74) is 4.38. The van der Waals surface area contributed by atoms with Crippen LogP contribution in [0.15, 0.2) is 47.5 Å². The van der Waals surface area contributed by atoms with Crippen LogP contribution < -0.4 is 4.90 Å². The van der Waals surface area contributed by atoms with Crippen LogP contribution in [0.4, 0.5) is 10.1 Å². The van der Waals surface area contributed by atoms with Gasteiger partial charge >= 0.3 is 0 Å². The largest absolute Gasteiger partial charge is 0.317 e. The van der Waals surface area contributed by atoms with Crippen molar-refractivity contribution in [3.63, 3.8) is 0 Å². The lowest BCUT2D eigenvalue weighted by Gasteiger charge is -2.25. The topological polar surface area (TPSA) is 49.7 Å². The molecule has 2 aliphatic rings. The van der Waals surface area contributed by atoms with Crippen molar-refractivity contribution >= 4 is 32.5 Å². The van der Waals surface area contributed by atoms with Gasteiger partial charge in [0.2, 0.25) is 0 Å². The van der Waals surface area contributed by atoms with Crippen LogP contribution in [0.2, 0.25) is 0 Å². The second-order valence-corrected chi connectivity index (χ2v) is 10.6. The summed E-state index contributed by atoms with van der Waals surface area (Å²) in [7, 11) is -2.98. The minimum atomic E-state index is -2.98. The quantitative estimate of drug-likeness (QED) is 0.782. The zero-order valence-corrected chi connectivity index (χ0v) is 16.9. The smallest absolute Gasteiger partial charge is 0.164 e. The van der Waals surface area contributed by atoms with Crippen molar-refractivity contribution in [2.24, 2.45) is 4.99 Å². The number of aryl methyl sites for hydroxylation is 2. The molecule has 0 N–H and O–H groups in total. The molecule has 2 atom stereocenters. The number of rotatable bonds is 3. The average Bonchev–Trinajstić information content (AvgIpc) is 3.10. The van der Waals surface area contributed by atoms with Gasteiger partial charge in [0, 0.05) is 10.9 Å². The first-order valence-corrected chi connectivity index (χ1v) is 11.5. The summed E-state index contributed by atoms with van der Waals surface area (Å²) in [6.07, 6.45) is 0. The number of amidine groups is 1. The van der Waals surface area contributed by atoms with Gasteiger partial charge in [0.05, 0.1) is 24.1 Å². The van der Waals surface area contributed by atoms with Gasteiger partial charge < -0.3 is 4.90 Å². The number of thioether (sulfide) groups is 1. The van der Waals surface area contributed by atoms with Crippen LogP contribution in [0.3, 0.4) is 0 Å². The van der Waals surface area contributed by atoms with E-state index in [-0.39, 0.29) is 28.6 Å². The van der Waals surface area contributed by atoms with E-state index in [9.17, 15) is 12.8 Å². The lowest BCUT2D eigenvalue weighted by molar-refractivity contribution is 0.601. The number of fused-ring (bicyclic) bond motifs is 1. The fraction of sp³-hybridized carbons (Fsp3) is 0.350. The van der Waals surface area contributed by atoms with E-state index in [1.807, 2.05) is 0 Å². The summed E-state index contributed by atoms with van der Waals surface area (Å²) in [5, 5.41) is 0.833. The molecule has 0 aliphatic carbocycles. The maximum Gasteiger partial charge on any atom is 0.164 e. The summed E-state index contributed by atoms with van der Waals surface area (Å²) < 4.78 is 37.0. The SMILES string of the molecule is Cc1ccc(N(Cc2ccc(F)cc2)C2=NC3CS(=O)(=O)CC3S2)cc1C. The van der Waals surface area contributed by atoms with Crippen molar-refractivity contribution in [3.8, 4) is 0 Å². The van der Waals surface area contributed by atoms with Crippen molar-refractivity contribution in [1.82, 2.24) is 0 Å². The minimum Gasteiger partial charge on any atom is -0.317 e. The van der Waals surface area contributed by atoms with Crippen molar-refractivity contribution in [1.29, 1.82) is 0 Å². The zero-order chi connectivity index (χ0) is 19.2. The lowest BCUT2D eigenvalue weighted by Crippen LogP contribution is -2.28. The highest BCUT2D eigenvalue weighted by molar-refractivity contribution is 8.15. The fourth-order valence-electron chi connectivity index (χ4n) is 3.41. The first kappa shape index (κ1) is 18.5. The molecule has 0 radical (unpaired) electrons. The maximum absolute atomic E-state index is 13.3. The molecule has 27 heavy (non-hydrogen) atoms. The molecule has 2 unspecified atom stereocenters. The van der Waals surface area contributed by atoms with E-state index < -0.39 is 9.84 Å². The van der Waals surface area contributed by atoms with Crippen LogP contribution in [0.5, 0.6) is 0 Å². The monoisotopic (exact) mass is 404 g/mol. The first-order chi connectivity index (χ1) is 12.8. The lowest BCUT2D eigenvalue weighted by atomic mass is 10.1. The van der Waals surface area contributed by atoms with Crippen LogP contribution in [-0.2, 0) is 16.4 Å². The van der Waals surface area contributed by atoms with Crippen LogP contribution in [0.25, 0.3) is 0 Å². The molecule has 0 bridgehead atoms. The number of anilines is 1. The van der Waals surface area contributed by atoms with Crippen LogP contribution >= 0.6 is 11.8 Å². The van der Waals surface area contributed by atoms with Gasteiger partial charge in [-0.15, -0.1) is 0 Å². The third kappa shape index (κ3) is 3.89. The van der Waals surface area contributed by atoms with Crippen LogP contribution in [0, 0.1) is 19.7 Å². The molecule has 2 aromatic carbocycles. The molecule has 2 heterocycles. The molecule has 2 aromatic rings. The number of hydrogen-bond donors (Lipinski definition) is 0. The Kier molecular flexibility index (Phi) is 4.76. The molecule has 2 aliphatic heterocycles. The molecule has 4 rings (SSSR count). The summed E-state index contributed by atoms with van der Waals surface area (Å²) in [4.78, 5) is 6.85. The highest BCUT2D eigenvalue weighted by atomic mass is 32.2. The fourth-order valence-corrected chi connectivity index (χ4v) is 7.19. The standard InChI is InChI=1S/C20H21FN2O2S2/c1-13-3-8-17(9-14(13)2)23(10-15-4-6-16(21)7-5-15)20-22-18-11-27(24,25)12-19(18)26-20/h3-9,18-19H,10-12H2,1-2H3. The number of hydrogen-bond acceptors (Lipinski definition) is 5. The molecule has 1 saturated heterocycles. The summed E-state index contributed by atoms with van der Waals surface area (Å²) >= 11 is 1.54. The molecule has 0 aromatic heterocycles. The molecule has 0 saturated carbocycles. The molecule has 0 amide bonds. The van der Waals surface area contributed by atoms with Crippen LogP contribution in [-0.4, -0.2) is 36.4 Å². The first-order valence-electron chi connectivity index (χ1n) is 8.85. The zero-order valence-electron chi connectivity index (χ0n) is 15.2. The maximum atomic E-state index is 13.3. The molecular weight excluding hydrogens is 383 g/mol. The minimum absolute atomic E-state index is 0.00716. The van der Waals surface area contributed by atoms with E-state index in [2.05, 4.69) is 36.9 Å². The molecule has 7 heteroatoms. The summed E-state index contributed by atoms with van der Waals surface area (Å²) in [5.74, 6) is 0.0572. The molecule has 1 fully saturated rings. The van der Waals surface area contributed by atoms with Gasteiger partial charge in [-0.25, -0.2) is 12.8 Å².